The summed E-state index contributed by atoms with van der Waals surface area (Å²) in [5, 5.41) is 0. The summed E-state index contributed by atoms with van der Waals surface area (Å²) >= 11 is 0. The van der Waals surface area contributed by atoms with Crippen LogP contribution in [0.3, 0.4) is 0 Å². The predicted octanol–water partition coefficient (Wildman–Crippen LogP) is 11.8. The van der Waals surface area contributed by atoms with Gasteiger partial charge in [-0.25, -0.2) is 0 Å². The summed E-state index contributed by atoms with van der Waals surface area (Å²) < 4.78 is 5.73. The van der Waals surface area contributed by atoms with Crippen LogP contribution in [0.2, 0.25) is 0 Å². The molecular weight excluding hydrogens is 476 g/mol. The van der Waals surface area contributed by atoms with E-state index in [9.17, 15) is 4.79 Å². The molecule has 0 aromatic heterocycles. The maximum Gasteiger partial charge on any atom is 0.312 e. The van der Waals surface area contributed by atoms with Crippen molar-refractivity contribution in [3.8, 4) is 0 Å². The molecule has 0 spiro atoms. The van der Waals surface area contributed by atoms with Gasteiger partial charge in [0.05, 0.1) is 5.41 Å². The van der Waals surface area contributed by atoms with E-state index in [1.54, 1.807) is 0 Å². The molecule has 1 fully saturated rings. The fourth-order valence-electron chi connectivity index (χ4n) is 5.72. The minimum absolute atomic E-state index is 0.0289. The van der Waals surface area contributed by atoms with Crippen molar-refractivity contribution < 1.29 is 9.53 Å². The third-order valence-corrected chi connectivity index (χ3v) is 8.93. The largest absolute Gasteiger partial charge is 0.462 e. The standard InChI is InChI=1S/C22H38.C15H28O2/c1-15(2)17-11-18(16(3)4)13-19(12-17)20(22(8,9)10)14-21(5,6)7;1-5-11-15(4,12(2)3)14(16)17-13-9-7-6-8-10-13/h11-13,15-16,20H,14H2,1-10H3;12-13H,5-11H2,1-4H3. The van der Waals surface area contributed by atoms with Crippen LogP contribution in [0.4, 0.5) is 0 Å². The number of esters is 1. The first-order valence-electron chi connectivity index (χ1n) is 16.2. The summed E-state index contributed by atoms with van der Waals surface area (Å²) in [6.07, 6.45) is 9.22. The molecule has 1 aromatic rings. The van der Waals surface area contributed by atoms with Gasteiger partial charge in [-0.15, -0.1) is 0 Å². The van der Waals surface area contributed by atoms with Crippen LogP contribution in [0.5, 0.6) is 0 Å². The Kier molecular flexibility index (Phi) is 13.8. The normalized spacial score (nSPS) is 17.6. The number of benzene rings is 1. The summed E-state index contributed by atoms with van der Waals surface area (Å²) in [5.41, 5.74) is 4.86. The van der Waals surface area contributed by atoms with Crippen LogP contribution < -0.4 is 0 Å². The van der Waals surface area contributed by atoms with Gasteiger partial charge < -0.3 is 4.74 Å². The molecule has 0 saturated heterocycles. The van der Waals surface area contributed by atoms with Crippen LogP contribution in [0.1, 0.15) is 183 Å². The third kappa shape index (κ3) is 11.6. The minimum atomic E-state index is -0.299. The van der Waals surface area contributed by atoms with Gasteiger partial charge in [-0.1, -0.05) is 121 Å². The van der Waals surface area contributed by atoms with Crippen LogP contribution >= 0.6 is 0 Å². The Morgan fingerprint density at radius 3 is 1.62 bits per heavy atom. The van der Waals surface area contributed by atoms with Gasteiger partial charge in [0, 0.05) is 0 Å². The van der Waals surface area contributed by atoms with Crippen LogP contribution in [0.15, 0.2) is 18.2 Å². The lowest BCUT2D eigenvalue weighted by atomic mass is 9.68. The zero-order chi connectivity index (χ0) is 30.2. The van der Waals surface area contributed by atoms with E-state index in [0.717, 1.165) is 25.7 Å². The van der Waals surface area contributed by atoms with E-state index in [1.165, 1.54) is 42.4 Å². The predicted molar refractivity (Wildman–Crippen MR) is 172 cm³/mol. The highest BCUT2D eigenvalue weighted by molar-refractivity contribution is 5.76. The molecule has 1 aliphatic rings. The van der Waals surface area contributed by atoms with Gasteiger partial charge in [-0.2, -0.15) is 0 Å². The number of rotatable bonds is 9. The monoisotopic (exact) mass is 543 g/mol. The second-order valence-electron chi connectivity index (χ2n) is 15.9. The molecular formula is C37H66O2. The number of ether oxygens (including phenoxy) is 1. The highest BCUT2D eigenvalue weighted by atomic mass is 16.5. The molecule has 2 atom stereocenters. The van der Waals surface area contributed by atoms with E-state index in [1.807, 2.05) is 0 Å². The molecule has 2 unspecified atom stereocenters. The molecule has 2 heteroatoms. The van der Waals surface area contributed by atoms with Crippen molar-refractivity contribution in [1.82, 2.24) is 0 Å². The van der Waals surface area contributed by atoms with Gasteiger partial charge >= 0.3 is 5.97 Å². The average Bonchev–Trinajstić information content (AvgIpc) is 2.82. The molecule has 0 N–H and O–H groups in total. The van der Waals surface area contributed by atoms with Gasteiger partial charge in [-0.05, 0) is 96.6 Å². The van der Waals surface area contributed by atoms with E-state index in [0.29, 0.717) is 29.1 Å². The summed E-state index contributed by atoms with van der Waals surface area (Å²) in [4.78, 5) is 12.3. The van der Waals surface area contributed by atoms with E-state index in [-0.39, 0.29) is 22.9 Å². The lowest BCUT2D eigenvalue weighted by Gasteiger charge is -2.37. The molecule has 0 amide bonds. The highest BCUT2D eigenvalue weighted by Gasteiger charge is 2.38. The van der Waals surface area contributed by atoms with Gasteiger partial charge in [0.2, 0.25) is 0 Å². The maximum atomic E-state index is 12.3. The molecule has 1 aliphatic carbocycles. The molecule has 0 radical (unpaired) electrons. The summed E-state index contributed by atoms with van der Waals surface area (Å²) in [6, 6.07) is 7.35. The Hall–Kier alpha value is -1.31. The second kappa shape index (κ2) is 15.1. The molecule has 2 nitrogen and oxygen atoms in total. The maximum absolute atomic E-state index is 12.3. The molecule has 39 heavy (non-hydrogen) atoms. The summed E-state index contributed by atoms with van der Waals surface area (Å²) in [6.45, 7) is 31.9. The molecule has 1 saturated carbocycles. The van der Waals surface area contributed by atoms with Crippen molar-refractivity contribution in [3.05, 3.63) is 34.9 Å². The topological polar surface area (TPSA) is 26.3 Å². The number of hydrogen-bond acceptors (Lipinski definition) is 2. The molecule has 0 aliphatic heterocycles. The van der Waals surface area contributed by atoms with Gasteiger partial charge in [0.1, 0.15) is 6.10 Å². The second-order valence-corrected chi connectivity index (χ2v) is 15.9. The van der Waals surface area contributed by atoms with Gasteiger partial charge in [0.15, 0.2) is 0 Å². The molecule has 226 valence electrons. The molecule has 2 rings (SSSR count). The Balaban J connectivity index is 0.000000403. The Morgan fingerprint density at radius 2 is 1.26 bits per heavy atom. The Morgan fingerprint density at radius 1 is 0.795 bits per heavy atom. The highest BCUT2D eigenvalue weighted by Crippen LogP contribution is 2.44. The van der Waals surface area contributed by atoms with Crippen molar-refractivity contribution >= 4 is 5.97 Å². The van der Waals surface area contributed by atoms with Crippen molar-refractivity contribution in [3.63, 3.8) is 0 Å². The SMILES string of the molecule is CC(C)c1cc(C(C)C)cc(C(CC(C)(C)C)C(C)(C)C)c1.CCCC(C)(C(=O)OC1CCCCC1)C(C)C. The average molecular weight is 543 g/mol. The van der Waals surface area contributed by atoms with Crippen molar-refractivity contribution in [2.75, 3.05) is 0 Å². The third-order valence-electron chi connectivity index (χ3n) is 8.93. The number of hydrogen-bond donors (Lipinski definition) is 0. The van der Waals surface area contributed by atoms with E-state index < -0.39 is 0 Å². The van der Waals surface area contributed by atoms with Crippen LogP contribution in [-0.4, -0.2) is 12.1 Å². The summed E-state index contributed by atoms with van der Waals surface area (Å²) in [5.74, 6) is 2.16. The fraction of sp³-hybridized carbons (Fsp3) is 0.811. The summed E-state index contributed by atoms with van der Waals surface area (Å²) in [7, 11) is 0. The Labute approximate surface area is 244 Å². The first-order chi connectivity index (χ1) is 17.8. The molecule has 0 heterocycles. The van der Waals surface area contributed by atoms with E-state index in [2.05, 4.69) is 115 Å². The number of carbonyl (C=O) groups excluding carboxylic acids is 1. The lowest BCUT2D eigenvalue weighted by Crippen LogP contribution is -2.37. The zero-order valence-corrected chi connectivity index (χ0v) is 28.6. The van der Waals surface area contributed by atoms with Gasteiger partial charge in [-0.3, -0.25) is 4.79 Å². The molecule has 1 aromatic carbocycles. The quantitative estimate of drug-likeness (QED) is 0.290. The zero-order valence-electron chi connectivity index (χ0n) is 28.6. The Bertz CT molecular complexity index is 832. The van der Waals surface area contributed by atoms with Gasteiger partial charge in [0.25, 0.3) is 0 Å². The van der Waals surface area contributed by atoms with Crippen LogP contribution in [-0.2, 0) is 9.53 Å². The van der Waals surface area contributed by atoms with Crippen molar-refractivity contribution in [2.45, 2.75) is 172 Å². The molecule has 0 bridgehead atoms. The fourth-order valence-corrected chi connectivity index (χ4v) is 5.72. The smallest absolute Gasteiger partial charge is 0.312 e. The first-order valence-corrected chi connectivity index (χ1v) is 16.2. The van der Waals surface area contributed by atoms with Crippen LogP contribution in [0.25, 0.3) is 0 Å². The van der Waals surface area contributed by atoms with E-state index in [4.69, 9.17) is 4.74 Å². The lowest BCUT2D eigenvalue weighted by molar-refractivity contribution is -0.165. The van der Waals surface area contributed by atoms with Crippen LogP contribution in [0, 0.1) is 22.2 Å². The van der Waals surface area contributed by atoms with E-state index >= 15 is 0 Å². The van der Waals surface area contributed by atoms with Crippen molar-refractivity contribution in [2.24, 2.45) is 22.2 Å². The van der Waals surface area contributed by atoms with Crippen molar-refractivity contribution in [1.29, 1.82) is 0 Å². The minimum Gasteiger partial charge on any atom is -0.462 e. The first kappa shape index (κ1) is 35.7. The number of carbonyl (C=O) groups is 1.